The Morgan fingerprint density at radius 2 is 1.91 bits per heavy atom. The van der Waals surface area contributed by atoms with Crippen molar-refractivity contribution >= 4 is 40.0 Å². The third kappa shape index (κ3) is 4.57. The Morgan fingerprint density at radius 3 is 2.66 bits per heavy atom. The van der Waals surface area contributed by atoms with Crippen LogP contribution in [-0.4, -0.2) is 25.6 Å². The number of ether oxygens (including phenoxy) is 1. The zero-order valence-electron chi connectivity index (χ0n) is 16.3. The van der Waals surface area contributed by atoms with Gasteiger partial charge in [0.05, 0.1) is 16.2 Å². The number of benzene rings is 1. The Bertz CT molecular complexity index is 1310. The second-order valence-corrected chi connectivity index (χ2v) is 7.00. The first-order valence-corrected chi connectivity index (χ1v) is 9.43. The Balaban J connectivity index is 1.47. The van der Waals surface area contributed by atoms with Gasteiger partial charge in [0, 0.05) is 31.2 Å². The van der Waals surface area contributed by atoms with Gasteiger partial charge in [-0.15, -0.1) is 0 Å². The van der Waals surface area contributed by atoms with Gasteiger partial charge in [-0.2, -0.15) is 18.2 Å². The molecule has 0 fully saturated rings. The van der Waals surface area contributed by atoms with Gasteiger partial charge >= 0.3 is 12.2 Å². The summed E-state index contributed by atoms with van der Waals surface area (Å²) in [6.07, 6.45) is -0.468. The van der Waals surface area contributed by atoms with E-state index in [9.17, 15) is 18.0 Å². The number of halogens is 4. The SMILES string of the molecule is Cn1ccc2ncnc(Oc3ccc(NC(=O)Nc4ccnc(C(F)(F)F)c4)c(Cl)c3)c21. The summed E-state index contributed by atoms with van der Waals surface area (Å²) >= 11 is 6.24. The number of amides is 2. The van der Waals surface area contributed by atoms with Gasteiger partial charge in [0.2, 0.25) is 5.88 Å². The van der Waals surface area contributed by atoms with Crippen molar-refractivity contribution in [3.8, 4) is 11.6 Å². The molecule has 0 radical (unpaired) electrons. The normalized spacial score (nSPS) is 11.4. The van der Waals surface area contributed by atoms with E-state index in [4.69, 9.17) is 16.3 Å². The highest BCUT2D eigenvalue weighted by molar-refractivity contribution is 6.34. The van der Waals surface area contributed by atoms with Gasteiger partial charge in [-0.25, -0.2) is 9.78 Å². The van der Waals surface area contributed by atoms with E-state index in [1.807, 2.05) is 23.9 Å². The molecule has 0 bridgehead atoms. The van der Waals surface area contributed by atoms with Gasteiger partial charge in [-0.05, 0) is 30.3 Å². The first-order valence-electron chi connectivity index (χ1n) is 9.05. The Kier molecular flexibility index (Phi) is 5.57. The lowest BCUT2D eigenvalue weighted by Crippen LogP contribution is -2.20. The number of fused-ring (bicyclic) bond motifs is 1. The van der Waals surface area contributed by atoms with E-state index in [1.54, 1.807) is 6.07 Å². The molecule has 0 atom stereocenters. The quantitative estimate of drug-likeness (QED) is 0.419. The van der Waals surface area contributed by atoms with Crippen LogP contribution in [-0.2, 0) is 13.2 Å². The molecule has 8 nitrogen and oxygen atoms in total. The predicted octanol–water partition coefficient (Wildman–Crippen LogP) is 5.47. The fraction of sp³-hybridized carbons (Fsp3) is 0.100. The number of aromatic nitrogens is 4. The van der Waals surface area contributed by atoms with Crippen LogP contribution in [0.15, 0.2) is 55.1 Å². The number of nitrogens with one attached hydrogen (secondary N) is 2. The van der Waals surface area contributed by atoms with Gasteiger partial charge in [-0.1, -0.05) is 11.6 Å². The second kappa shape index (κ2) is 8.35. The van der Waals surface area contributed by atoms with Crippen LogP contribution in [0.4, 0.5) is 29.3 Å². The average molecular weight is 463 g/mol. The number of rotatable bonds is 4. The van der Waals surface area contributed by atoms with E-state index < -0.39 is 17.9 Å². The summed E-state index contributed by atoms with van der Waals surface area (Å²) < 4.78 is 45.9. The van der Waals surface area contributed by atoms with E-state index in [2.05, 4.69) is 25.6 Å². The molecule has 0 saturated heterocycles. The number of carbonyl (C=O) groups excluding carboxylic acids is 1. The predicted molar refractivity (Wildman–Crippen MR) is 112 cm³/mol. The van der Waals surface area contributed by atoms with Crippen LogP contribution < -0.4 is 15.4 Å². The summed E-state index contributed by atoms with van der Waals surface area (Å²) in [7, 11) is 1.83. The molecule has 12 heteroatoms. The fourth-order valence-electron chi connectivity index (χ4n) is 2.88. The van der Waals surface area contributed by atoms with Crippen LogP contribution in [0.1, 0.15) is 5.69 Å². The number of pyridine rings is 1. The molecule has 3 heterocycles. The van der Waals surface area contributed by atoms with Crippen LogP contribution in [0.5, 0.6) is 11.6 Å². The number of urea groups is 1. The number of nitrogens with zero attached hydrogens (tertiary/aromatic N) is 4. The number of alkyl halides is 3. The summed E-state index contributed by atoms with van der Waals surface area (Å²) in [5.74, 6) is 0.696. The molecule has 0 spiro atoms. The molecular weight excluding hydrogens is 449 g/mol. The third-order valence-electron chi connectivity index (χ3n) is 4.34. The molecule has 164 valence electrons. The first kappa shape index (κ1) is 21.4. The molecule has 2 N–H and O–H groups in total. The molecule has 4 aromatic rings. The molecule has 2 amide bonds. The molecule has 0 aliphatic carbocycles. The third-order valence-corrected chi connectivity index (χ3v) is 4.65. The van der Waals surface area contributed by atoms with Crippen molar-refractivity contribution in [1.82, 2.24) is 19.5 Å². The second-order valence-electron chi connectivity index (χ2n) is 6.59. The van der Waals surface area contributed by atoms with Gasteiger partial charge in [0.15, 0.2) is 0 Å². The van der Waals surface area contributed by atoms with Crippen LogP contribution in [0.3, 0.4) is 0 Å². The van der Waals surface area contributed by atoms with Crippen molar-refractivity contribution in [3.63, 3.8) is 0 Å². The van der Waals surface area contributed by atoms with Crippen LogP contribution >= 0.6 is 11.6 Å². The van der Waals surface area contributed by atoms with Gasteiger partial charge in [-0.3, -0.25) is 4.98 Å². The van der Waals surface area contributed by atoms with E-state index in [1.165, 1.54) is 24.5 Å². The van der Waals surface area contributed by atoms with Crippen LogP contribution in [0.25, 0.3) is 11.0 Å². The Labute approximate surface area is 184 Å². The van der Waals surface area contributed by atoms with E-state index >= 15 is 0 Å². The summed E-state index contributed by atoms with van der Waals surface area (Å²) in [4.78, 5) is 23.7. The lowest BCUT2D eigenvalue weighted by molar-refractivity contribution is -0.141. The minimum absolute atomic E-state index is 0.0729. The van der Waals surface area contributed by atoms with E-state index in [-0.39, 0.29) is 16.4 Å². The maximum atomic E-state index is 12.8. The minimum Gasteiger partial charge on any atom is -0.437 e. The van der Waals surface area contributed by atoms with Crippen LogP contribution in [0.2, 0.25) is 5.02 Å². The van der Waals surface area contributed by atoms with E-state index in [0.717, 1.165) is 12.3 Å². The standard InChI is InChI=1S/C20H14ClF3N6O2/c1-30-7-5-15-17(30)18(27-10-26-15)32-12-2-3-14(13(21)9-12)29-19(31)28-11-4-6-25-16(8-11)20(22,23)24/h2-10H,1H3,(H2,25,28,29,31). The van der Waals surface area contributed by atoms with E-state index in [0.29, 0.717) is 22.7 Å². The largest absolute Gasteiger partial charge is 0.437 e. The fourth-order valence-corrected chi connectivity index (χ4v) is 3.10. The monoisotopic (exact) mass is 462 g/mol. The highest BCUT2D eigenvalue weighted by Gasteiger charge is 2.32. The summed E-state index contributed by atoms with van der Waals surface area (Å²) in [6, 6.07) is 7.54. The number of hydrogen-bond donors (Lipinski definition) is 2. The maximum Gasteiger partial charge on any atom is 0.433 e. The van der Waals surface area contributed by atoms with Crippen LogP contribution in [0, 0.1) is 0 Å². The molecule has 0 aliphatic rings. The zero-order chi connectivity index (χ0) is 22.9. The van der Waals surface area contributed by atoms with Crippen molar-refractivity contribution < 1.29 is 22.7 Å². The van der Waals surface area contributed by atoms with Crippen molar-refractivity contribution in [3.05, 3.63) is 65.8 Å². The first-order chi connectivity index (χ1) is 15.2. The van der Waals surface area contributed by atoms with Gasteiger partial charge in [0.25, 0.3) is 0 Å². The number of hydrogen-bond acceptors (Lipinski definition) is 5. The molecule has 0 saturated carbocycles. The van der Waals surface area contributed by atoms with Gasteiger partial charge < -0.3 is 19.9 Å². The van der Waals surface area contributed by atoms with Crippen molar-refractivity contribution in [2.75, 3.05) is 10.6 Å². The molecule has 32 heavy (non-hydrogen) atoms. The lowest BCUT2D eigenvalue weighted by atomic mass is 10.3. The Hall–Kier alpha value is -3.86. The topological polar surface area (TPSA) is 94.0 Å². The van der Waals surface area contributed by atoms with Crippen molar-refractivity contribution in [2.45, 2.75) is 6.18 Å². The molecule has 0 unspecified atom stereocenters. The summed E-state index contributed by atoms with van der Waals surface area (Å²) in [5.41, 5.74) is 0.445. The minimum atomic E-state index is -4.62. The van der Waals surface area contributed by atoms with Crippen molar-refractivity contribution in [1.29, 1.82) is 0 Å². The lowest BCUT2D eigenvalue weighted by Gasteiger charge is -2.12. The molecular formula is C20H14ClF3N6O2. The zero-order valence-corrected chi connectivity index (χ0v) is 17.1. The number of anilines is 2. The maximum absolute atomic E-state index is 12.8. The summed E-state index contributed by atoms with van der Waals surface area (Å²) in [5, 5.41) is 4.94. The molecule has 0 aliphatic heterocycles. The molecule has 3 aromatic heterocycles. The number of carbonyl (C=O) groups is 1. The Morgan fingerprint density at radius 1 is 1.09 bits per heavy atom. The van der Waals surface area contributed by atoms with Crippen molar-refractivity contribution in [2.24, 2.45) is 7.05 Å². The summed E-state index contributed by atoms with van der Waals surface area (Å²) in [6.45, 7) is 0. The smallest absolute Gasteiger partial charge is 0.433 e. The molecule has 4 rings (SSSR count). The van der Waals surface area contributed by atoms with Gasteiger partial charge in [0.1, 0.15) is 23.3 Å². The molecule has 1 aromatic carbocycles. The highest BCUT2D eigenvalue weighted by Crippen LogP contribution is 2.32. The average Bonchev–Trinajstić information content (AvgIpc) is 3.11. The number of aryl methyl sites for hydroxylation is 1. The highest BCUT2D eigenvalue weighted by atomic mass is 35.5.